The Hall–Kier alpha value is -2.83. The molecule has 0 atom stereocenters. The number of ether oxygens (including phenoxy) is 2. The number of rotatable bonds is 7. The molecular formula is C23H27N3O3. The average Bonchev–Trinajstić information content (AvgIpc) is 3.22. The number of benzene rings is 2. The van der Waals surface area contributed by atoms with Gasteiger partial charge in [-0.3, -0.25) is 14.6 Å². The first-order valence-corrected chi connectivity index (χ1v) is 10.1. The molecule has 6 nitrogen and oxygen atoms in total. The van der Waals surface area contributed by atoms with Gasteiger partial charge in [0.15, 0.2) is 11.5 Å². The molecule has 1 saturated heterocycles. The predicted molar refractivity (Wildman–Crippen MR) is 113 cm³/mol. The van der Waals surface area contributed by atoms with E-state index in [1.165, 1.54) is 5.56 Å². The Labute approximate surface area is 171 Å². The molecule has 0 radical (unpaired) electrons. The normalized spacial score (nSPS) is 17.0. The van der Waals surface area contributed by atoms with Crippen LogP contribution in [0.25, 0.3) is 6.08 Å². The Morgan fingerprint density at radius 3 is 2.55 bits per heavy atom. The maximum absolute atomic E-state index is 12.3. The molecule has 1 amide bonds. The fourth-order valence-electron chi connectivity index (χ4n) is 3.54. The van der Waals surface area contributed by atoms with Gasteiger partial charge in [-0.2, -0.15) is 0 Å². The molecule has 0 spiro atoms. The van der Waals surface area contributed by atoms with Crippen LogP contribution in [0, 0.1) is 0 Å². The van der Waals surface area contributed by atoms with E-state index in [4.69, 9.17) is 9.47 Å². The summed E-state index contributed by atoms with van der Waals surface area (Å²) in [5.41, 5.74) is 2.24. The van der Waals surface area contributed by atoms with Crippen LogP contribution in [0.1, 0.15) is 11.1 Å². The van der Waals surface area contributed by atoms with E-state index in [9.17, 15) is 4.79 Å². The van der Waals surface area contributed by atoms with Gasteiger partial charge in [-0.1, -0.05) is 48.6 Å². The summed E-state index contributed by atoms with van der Waals surface area (Å²) < 4.78 is 10.7. The summed E-state index contributed by atoms with van der Waals surface area (Å²) in [6.07, 6.45) is 4.37. The summed E-state index contributed by atoms with van der Waals surface area (Å²) in [6.45, 7) is 5.94. The van der Waals surface area contributed by atoms with Gasteiger partial charge in [-0.15, -0.1) is 0 Å². The Bertz CT molecular complexity index is 846. The third-order valence-electron chi connectivity index (χ3n) is 5.23. The van der Waals surface area contributed by atoms with E-state index in [-0.39, 0.29) is 12.7 Å². The standard InChI is InChI=1S/C23H27N3O3/c27-23(24-16-20-8-9-21-22(15-20)29-18-28-21)17-26-13-11-25(12-14-26)10-4-7-19-5-2-1-3-6-19/h1-9,15H,10-14,16-18H2,(H,24,27)/b7-4+. The van der Waals surface area contributed by atoms with Crippen LogP contribution in [0.5, 0.6) is 11.5 Å². The van der Waals surface area contributed by atoms with Crippen molar-refractivity contribution in [1.29, 1.82) is 0 Å². The number of piperazine rings is 1. The first-order valence-electron chi connectivity index (χ1n) is 10.1. The van der Waals surface area contributed by atoms with Crippen molar-refractivity contribution in [3.63, 3.8) is 0 Å². The van der Waals surface area contributed by atoms with Gasteiger partial charge in [-0.05, 0) is 23.3 Å². The lowest BCUT2D eigenvalue weighted by Crippen LogP contribution is -2.49. The third-order valence-corrected chi connectivity index (χ3v) is 5.23. The van der Waals surface area contributed by atoms with Gasteiger partial charge in [0.2, 0.25) is 12.7 Å². The first-order chi connectivity index (χ1) is 14.3. The number of hydrogen-bond donors (Lipinski definition) is 1. The maximum atomic E-state index is 12.3. The van der Waals surface area contributed by atoms with Crippen molar-refractivity contribution in [2.24, 2.45) is 0 Å². The van der Waals surface area contributed by atoms with Crippen molar-refractivity contribution in [1.82, 2.24) is 15.1 Å². The van der Waals surface area contributed by atoms with Crippen LogP contribution in [0.3, 0.4) is 0 Å². The molecular weight excluding hydrogens is 366 g/mol. The van der Waals surface area contributed by atoms with Crippen molar-refractivity contribution in [2.75, 3.05) is 46.1 Å². The van der Waals surface area contributed by atoms with E-state index >= 15 is 0 Å². The molecule has 152 valence electrons. The lowest BCUT2D eigenvalue weighted by atomic mass is 10.2. The minimum Gasteiger partial charge on any atom is -0.454 e. The Morgan fingerprint density at radius 2 is 1.72 bits per heavy atom. The van der Waals surface area contributed by atoms with Crippen LogP contribution in [-0.4, -0.2) is 61.8 Å². The van der Waals surface area contributed by atoms with Crippen LogP contribution < -0.4 is 14.8 Å². The second kappa shape index (κ2) is 9.58. The van der Waals surface area contributed by atoms with Gasteiger partial charge >= 0.3 is 0 Å². The van der Waals surface area contributed by atoms with Crippen LogP contribution in [-0.2, 0) is 11.3 Å². The SMILES string of the molecule is O=C(CN1CCN(C/C=C/c2ccccc2)CC1)NCc1ccc2c(c1)OCO2. The zero-order chi connectivity index (χ0) is 19.9. The average molecular weight is 393 g/mol. The van der Waals surface area contributed by atoms with Crippen molar-refractivity contribution < 1.29 is 14.3 Å². The summed E-state index contributed by atoms with van der Waals surface area (Å²) >= 11 is 0. The van der Waals surface area contributed by atoms with Gasteiger partial charge in [0.1, 0.15) is 0 Å². The fourth-order valence-corrected chi connectivity index (χ4v) is 3.54. The Morgan fingerprint density at radius 1 is 0.966 bits per heavy atom. The van der Waals surface area contributed by atoms with Crippen LogP contribution >= 0.6 is 0 Å². The summed E-state index contributed by atoms with van der Waals surface area (Å²) in [5, 5.41) is 3.00. The number of carbonyl (C=O) groups is 1. The first kappa shape index (κ1) is 19.5. The molecule has 0 aromatic heterocycles. The molecule has 2 aliphatic heterocycles. The summed E-state index contributed by atoms with van der Waals surface area (Å²) in [4.78, 5) is 16.9. The molecule has 4 rings (SSSR count). The second-order valence-electron chi connectivity index (χ2n) is 7.35. The van der Waals surface area contributed by atoms with Crippen molar-refractivity contribution >= 4 is 12.0 Å². The number of hydrogen-bond acceptors (Lipinski definition) is 5. The molecule has 2 aromatic rings. The van der Waals surface area contributed by atoms with E-state index in [0.29, 0.717) is 13.1 Å². The van der Waals surface area contributed by atoms with E-state index in [1.807, 2.05) is 24.3 Å². The predicted octanol–water partition coefficient (Wildman–Crippen LogP) is 2.36. The molecule has 2 heterocycles. The topological polar surface area (TPSA) is 54.0 Å². The number of fused-ring (bicyclic) bond motifs is 1. The molecule has 0 bridgehead atoms. The summed E-state index contributed by atoms with van der Waals surface area (Å²) in [7, 11) is 0. The highest BCUT2D eigenvalue weighted by Crippen LogP contribution is 2.32. The molecule has 2 aromatic carbocycles. The number of nitrogens with zero attached hydrogens (tertiary/aromatic N) is 2. The number of nitrogens with one attached hydrogen (secondary N) is 1. The smallest absolute Gasteiger partial charge is 0.234 e. The molecule has 0 aliphatic carbocycles. The molecule has 0 unspecified atom stereocenters. The van der Waals surface area contributed by atoms with Crippen molar-refractivity contribution in [3.8, 4) is 11.5 Å². The van der Waals surface area contributed by atoms with Gasteiger partial charge < -0.3 is 14.8 Å². The molecule has 0 saturated carbocycles. The van der Waals surface area contributed by atoms with E-state index in [2.05, 4.69) is 51.5 Å². The lowest BCUT2D eigenvalue weighted by molar-refractivity contribution is -0.122. The quantitative estimate of drug-likeness (QED) is 0.783. The highest BCUT2D eigenvalue weighted by atomic mass is 16.7. The molecule has 1 N–H and O–H groups in total. The minimum atomic E-state index is 0.0556. The highest BCUT2D eigenvalue weighted by Gasteiger charge is 2.18. The van der Waals surface area contributed by atoms with Crippen LogP contribution in [0.2, 0.25) is 0 Å². The lowest BCUT2D eigenvalue weighted by Gasteiger charge is -2.33. The largest absolute Gasteiger partial charge is 0.454 e. The molecule has 2 aliphatic rings. The van der Waals surface area contributed by atoms with Crippen LogP contribution in [0.15, 0.2) is 54.6 Å². The highest BCUT2D eigenvalue weighted by molar-refractivity contribution is 5.78. The van der Waals surface area contributed by atoms with Gasteiger partial charge in [0.25, 0.3) is 0 Å². The summed E-state index contributed by atoms with van der Waals surface area (Å²) in [5.74, 6) is 1.56. The van der Waals surface area contributed by atoms with Crippen molar-refractivity contribution in [2.45, 2.75) is 6.54 Å². The Balaban J connectivity index is 1.15. The zero-order valence-corrected chi connectivity index (χ0v) is 16.5. The van der Waals surface area contributed by atoms with E-state index < -0.39 is 0 Å². The van der Waals surface area contributed by atoms with Crippen molar-refractivity contribution in [3.05, 3.63) is 65.7 Å². The minimum absolute atomic E-state index is 0.0556. The van der Waals surface area contributed by atoms with Gasteiger partial charge in [0.05, 0.1) is 6.54 Å². The molecule has 1 fully saturated rings. The monoisotopic (exact) mass is 393 g/mol. The van der Waals surface area contributed by atoms with E-state index in [1.54, 1.807) is 0 Å². The van der Waals surface area contributed by atoms with Gasteiger partial charge in [-0.25, -0.2) is 0 Å². The summed E-state index contributed by atoms with van der Waals surface area (Å²) in [6, 6.07) is 16.1. The third kappa shape index (κ3) is 5.59. The molecule has 29 heavy (non-hydrogen) atoms. The Kier molecular flexibility index (Phi) is 6.44. The molecule has 6 heteroatoms. The maximum Gasteiger partial charge on any atom is 0.234 e. The number of carbonyl (C=O) groups excluding carboxylic acids is 1. The zero-order valence-electron chi connectivity index (χ0n) is 16.5. The fraction of sp³-hybridized carbons (Fsp3) is 0.348. The van der Waals surface area contributed by atoms with E-state index in [0.717, 1.165) is 49.8 Å². The second-order valence-corrected chi connectivity index (χ2v) is 7.35. The van der Waals surface area contributed by atoms with Crippen LogP contribution in [0.4, 0.5) is 0 Å². The number of amides is 1. The van der Waals surface area contributed by atoms with Gasteiger partial charge in [0, 0.05) is 39.3 Å².